The topological polar surface area (TPSA) is 102 Å². The Balaban J connectivity index is 2.02. The molecule has 0 saturated carbocycles. The molecule has 1 aromatic carbocycles. The van der Waals surface area contributed by atoms with Gasteiger partial charge in [-0.2, -0.15) is 5.26 Å². The third-order valence-electron chi connectivity index (χ3n) is 3.85. The molecule has 0 unspecified atom stereocenters. The third-order valence-corrected chi connectivity index (χ3v) is 5.64. The van der Waals surface area contributed by atoms with Gasteiger partial charge in [-0.1, -0.05) is 21.7 Å². The van der Waals surface area contributed by atoms with Gasteiger partial charge in [0.1, 0.15) is 11.1 Å². The van der Waals surface area contributed by atoms with E-state index in [0.29, 0.717) is 10.6 Å². The average molecular weight is 405 g/mol. The Morgan fingerprint density at radius 3 is 2.83 bits per heavy atom. The molecule has 8 heteroatoms. The molecule has 3 rings (SSSR count). The molecule has 2 aromatic rings. The fourth-order valence-electron chi connectivity index (χ4n) is 2.69. The van der Waals surface area contributed by atoms with Gasteiger partial charge in [-0.05, 0) is 36.8 Å². The van der Waals surface area contributed by atoms with E-state index in [1.54, 1.807) is 0 Å². The molecule has 0 saturated heterocycles. The monoisotopic (exact) mass is 404 g/mol. The second-order valence-corrected chi connectivity index (χ2v) is 7.30. The molecule has 0 amide bonds. The summed E-state index contributed by atoms with van der Waals surface area (Å²) in [5.74, 6) is -0.371. The van der Waals surface area contributed by atoms with Crippen molar-refractivity contribution in [3.8, 4) is 11.8 Å². The summed E-state index contributed by atoms with van der Waals surface area (Å²) in [6.07, 6.45) is 5.28. The quantitative estimate of drug-likeness (QED) is 0.438. The van der Waals surface area contributed by atoms with E-state index in [2.05, 4.69) is 27.0 Å². The van der Waals surface area contributed by atoms with Crippen molar-refractivity contribution < 1.29 is 10.0 Å². The molecule has 24 heavy (non-hydrogen) atoms. The van der Waals surface area contributed by atoms with Crippen LogP contribution in [0.3, 0.4) is 0 Å². The Bertz CT molecular complexity index is 899. The number of non-ortho nitro benzene ring substituents is 1. The highest BCUT2D eigenvalue weighted by Gasteiger charge is 2.20. The van der Waals surface area contributed by atoms with Crippen LogP contribution in [0.15, 0.2) is 21.6 Å². The highest BCUT2D eigenvalue weighted by Crippen LogP contribution is 2.39. The molecule has 1 aliphatic carbocycles. The summed E-state index contributed by atoms with van der Waals surface area (Å²) in [6, 6.07) is 4.56. The molecular weight excluding hydrogens is 394 g/mol. The number of aryl methyl sites for hydroxylation is 1. The minimum Gasteiger partial charge on any atom is -0.871 e. The number of nitrogens with zero attached hydrogens (tertiary/aromatic N) is 3. The summed E-state index contributed by atoms with van der Waals surface area (Å²) in [4.78, 5) is 15.8. The fourth-order valence-corrected chi connectivity index (χ4v) is 4.33. The lowest BCUT2D eigenvalue weighted by Gasteiger charge is -2.11. The summed E-state index contributed by atoms with van der Waals surface area (Å²) in [7, 11) is 0. The SMILES string of the molecule is N#Cc1c(N=Cc2cc([N+](=O)[O-])cc(Br)c2[O-])sc2c1CCCC2. The first-order valence-electron chi connectivity index (χ1n) is 7.25. The second-order valence-electron chi connectivity index (χ2n) is 5.36. The summed E-state index contributed by atoms with van der Waals surface area (Å²) in [5, 5.41) is 33.0. The van der Waals surface area contributed by atoms with Crippen LogP contribution in [0.5, 0.6) is 5.75 Å². The number of benzene rings is 1. The van der Waals surface area contributed by atoms with Crippen molar-refractivity contribution in [2.45, 2.75) is 25.7 Å². The molecule has 0 N–H and O–H groups in total. The Kier molecular flexibility index (Phi) is 4.64. The maximum atomic E-state index is 12.1. The Morgan fingerprint density at radius 2 is 2.12 bits per heavy atom. The molecule has 122 valence electrons. The second kappa shape index (κ2) is 6.71. The molecule has 0 fully saturated rings. The van der Waals surface area contributed by atoms with Crippen LogP contribution in [0, 0.1) is 21.4 Å². The minimum atomic E-state index is -0.563. The van der Waals surface area contributed by atoms with Gasteiger partial charge in [-0.3, -0.25) is 10.1 Å². The molecule has 1 heterocycles. The van der Waals surface area contributed by atoms with E-state index in [4.69, 9.17) is 0 Å². The van der Waals surface area contributed by atoms with Gasteiger partial charge < -0.3 is 5.11 Å². The number of aliphatic imine (C=N–C) groups is 1. The Morgan fingerprint density at radius 1 is 1.38 bits per heavy atom. The zero-order valence-corrected chi connectivity index (χ0v) is 14.8. The first kappa shape index (κ1) is 16.6. The van der Waals surface area contributed by atoms with E-state index < -0.39 is 4.92 Å². The van der Waals surface area contributed by atoms with E-state index in [1.807, 2.05) is 0 Å². The molecule has 0 radical (unpaired) electrons. The van der Waals surface area contributed by atoms with Gasteiger partial charge in [0.2, 0.25) is 0 Å². The van der Waals surface area contributed by atoms with Crippen LogP contribution in [0.1, 0.15) is 34.4 Å². The molecule has 0 atom stereocenters. The smallest absolute Gasteiger partial charge is 0.271 e. The van der Waals surface area contributed by atoms with Gasteiger partial charge in [0, 0.05) is 27.7 Å². The van der Waals surface area contributed by atoms with Gasteiger partial charge in [-0.15, -0.1) is 11.3 Å². The molecule has 1 aliphatic rings. The van der Waals surface area contributed by atoms with Crippen molar-refractivity contribution in [2.24, 2.45) is 4.99 Å². The normalized spacial score (nSPS) is 13.7. The summed E-state index contributed by atoms with van der Waals surface area (Å²) >= 11 is 4.50. The largest absolute Gasteiger partial charge is 0.871 e. The van der Waals surface area contributed by atoms with Crippen molar-refractivity contribution in [2.75, 3.05) is 0 Å². The van der Waals surface area contributed by atoms with Crippen LogP contribution in [0.25, 0.3) is 0 Å². The predicted molar refractivity (Wildman–Crippen MR) is 93.2 cm³/mol. The lowest BCUT2D eigenvalue weighted by molar-refractivity contribution is -0.385. The lowest BCUT2D eigenvalue weighted by Crippen LogP contribution is -2.00. The Hall–Kier alpha value is -2.24. The Labute approximate surface area is 150 Å². The van der Waals surface area contributed by atoms with Crippen LogP contribution >= 0.6 is 27.3 Å². The number of hydrogen-bond donors (Lipinski definition) is 0. The van der Waals surface area contributed by atoms with Crippen molar-refractivity contribution in [1.29, 1.82) is 5.26 Å². The maximum Gasteiger partial charge on any atom is 0.271 e. The summed E-state index contributed by atoms with van der Waals surface area (Å²) in [5.41, 5.74) is 1.55. The van der Waals surface area contributed by atoms with Gasteiger partial charge in [0.25, 0.3) is 5.69 Å². The zero-order chi connectivity index (χ0) is 17.3. The van der Waals surface area contributed by atoms with E-state index in [0.717, 1.165) is 31.2 Å². The summed E-state index contributed by atoms with van der Waals surface area (Å²) in [6.45, 7) is 0. The highest BCUT2D eigenvalue weighted by atomic mass is 79.9. The lowest BCUT2D eigenvalue weighted by atomic mass is 9.96. The van der Waals surface area contributed by atoms with Crippen LogP contribution in [0.4, 0.5) is 10.7 Å². The van der Waals surface area contributed by atoms with E-state index >= 15 is 0 Å². The van der Waals surface area contributed by atoms with Crippen LogP contribution in [0.2, 0.25) is 0 Å². The van der Waals surface area contributed by atoms with Crippen molar-refractivity contribution in [3.63, 3.8) is 0 Å². The number of rotatable bonds is 3. The molecule has 0 spiro atoms. The number of thiophene rings is 1. The van der Waals surface area contributed by atoms with Crippen LogP contribution in [-0.2, 0) is 12.8 Å². The fraction of sp³-hybridized carbons (Fsp3) is 0.250. The van der Waals surface area contributed by atoms with Gasteiger partial charge in [0.15, 0.2) is 0 Å². The number of fused-ring (bicyclic) bond motifs is 1. The molecule has 6 nitrogen and oxygen atoms in total. The van der Waals surface area contributed by atoms with Crippen molar-refractivity contribution in [1.82, 2.24) is 0 Å². The molecule has 1 aromatic heterocycles. The third kappa shape index (κ3) is 3.05. The number of halogens is 1. The number of hydrogen-bond acceptors (Lipinski definition) is 6. The first-order valence-corrected chi connectivity index (χ1v) is 8.86. The van der Waals surface area contributed by atoms with Crippen molar-refractivity contribution >= 4 is 44.2 Å². The van der Waals surface area contributed by atoms with Crippen LogP contribution in [-0.4, -0.2) is 11.1 Å². The van der Waals surface area contributed by atoms with Gasteiger partial charge in [0.05, 0.1) is 10.5 Å². The van der Waals surface area contributed by atoms with Gasteiger partial charge in [-0.25, -0.2) is 4.99 Å². The minimum absolute atomic E-state index is 0.115. The predicted octanol–water partition coefficient (Wildman–Crippen LogP) is 3.99. The van der Waals surface area contributed by atoms with E-state index in [9.17, 15) is 20.5 Å². The van der Waals surface area contributed by atoms with E-state index in [-0.39, 0.29) is 21.5 Å². The van der Waals surface area contributed by atoms with E-state index in [1.165, 1.54) is 34.6 Å². The first-order chi connectivity index (χ1) is 11.5. The number of nitriles is 1. The average Bonchev–Trinajstić information content (AvgIpc) is 2.93. The van der Waals surface area contributed by atoms with Gasteiger partial charge >= 0.3 is 0 Å². The van der Waals surface area contributed by atoms with Crippen molar-refractivity contribution in [3.05, 3.63) is 48.3 Å². The molecule has 0 bridgehead atoms. The number of nitro groups is 1. The summed E-state index contributed by atoms with van der Waals surface area (Å²) < 4.78 is 0.115. The zero-order valence-electron chi connectivity index (χ0n) is 12.4. The molecule has 0 aliphatic heterocycles. The number of nitro benzene ring substituents is 1. The standard InChI is InChI=1S/C16H12BrN3O3S/c17-13-6-10(20(22)23)5-9(15(13)21)8-19-16-12(7-18)11-3-1-2-4-14(11)24-16/h5-6,8,21H,1-4H2/p-1. The molecular formula is C16H11BrN3O3S-. The maximum absolute atomic E-state index is 12.1. The highest BCUT2D eigenvalue weighted by molar-refractivity contribution is 9.10. The van der Waals surface area contributed by atoms with Crippen LogP contribution < -0.4 is 5.11 Å².